The Morgan fingerprint density at radius 1 is 1.21 bits per heavy atom. The summed E-state index contributed by atoms with van der Waals surface area (Å²) in [5.41, 5.74) is 3.94. The Balaban J connectivity index is 2.09. The molecule has 0 aliphatic carbocycles. The lowest BCUT2D eigenvalue weighted by molar-refractivity contribution is 0.413. The van der Waals surface area contributed by atoms with Gasteiger partial charge in [-0.1, -0.05) is 17.7 Å². The Morgan fingerprint density at radius 3 is 2.68 bits per heavy atom. The summed E-state index contributed by atoms with van der Waals surface area (Å²) in [5, 5.41) is 4.07. The van der Waals surface area contributed by atoms with Crippen LogP contribution in [-0.2, 0) is 6.54 Å². The van der Waals surface area contributed by atoms with E-state index in [2.05, 4.69) is 10.3 Å². The maximum Gasteiger partial charge on any atom is 0.122 e. The van der Waals surface area contributed by atoms with Crippen LogP contribution in [0.3, 0.4) is 0 Å². The Kier molecular flexibility index (Phi) is 4.27. The van der Waals surface area contributed by atoms with Crippen molar-refractivity contribution >= 4 is 17.3 Å². The molecule has 0 aliphatic rings. The van der Waals surface area contributed by atoms with Gasteiger partial charge in [-0.15, -0.1) is 0 Å². The molecule has 100 valence electrons. The summed E-state index contributed by atoms with van der Waals surface area (Å²) < 4.78 is 5.23. The fourth-order valence-electron chi connectivity index (χ4n) is 1.81. The van der Waals surface area contributed by atoms with Crippen molar-refractivity contribution in [2.75, 3.05) is 12.4 Å². The second-order valence-electron chi connectivity index (χ2n) is 4.46. The summed E-state index contributed by atoms with van der Waals surface area (Å²) in [5.74, 6) is 0.825. The minimum Gasteiger partial charge on any atom is -0.497 e. The van der Waals surface area contributed by atoms with E-state index < -0.39 is 0 Å². The summed E-state index contributed by atoms with van der Waals surface area (Å²) in [6.45, 7) is 4.57. The van der Waals surface area contributed by atoms with Gasteiger partial charge in [-0.3, -0.25) is 4.98 Å². The predicted octanol–water partition coefficient (Wildman–Crippen LogP) is 3.97. The first-order chi connectivity index (χ1) is 9.08. The standard InChI is InChI=1S/C15H17ClN2O/c1-10-4-5-12(8-15(10)16)17-9-13-7-14(19-3)6-11(2)18-13/h4-8,17H,9H2,1-3H3. The van der Waals surface area contributed by atoms with E-state index in [0.717, 1.165) is 33.4 Å². The zero-order valence-electron chi connectivity index (χ0n) is 11.3. The average molecular weight is 277 g/mol. The number of aryl methyl sites for hydroxylation is 2. The van der Waals surface area contributed by atoms with Crippen LogP contribution in [0.15, 0.2) is 30.3 Å². The van der Waals surface area contributed by atoms with Gasteiger partial charge in [0.05, 0.1) is 19.3 Å². The van der Waals surface area contributed by atoms with E-state index in [1.54, 1.807) is 7.11 Å². The van der Waals surface area contributed by atoms with Crippen LogP contribution in [0.25, 0.3) is 0 Å². The minimum absolute atomic E-state index is 0.636. The number of hydrogen-bond donors (Lipinski definition) is 1. The molecule has 0 fully saturated rings. The highest BCUT2D eigenvalue weighted by Gasteiger charge is 2.02. The van der Waals surface area contributed by atoms with Gasteiger partial charge in [0.2, 0.25) is 0 Å². The number of nitrogens with zero attached hydrogens (tertiary/aromatic N) is 1. The van der Waals surface area contributed by atoms with Gasteiger partial charge in [-0.25, -0.2) is 0 Å². The van der Waals surface area contributed by atoms with Crippen molar-refractivity contribution in [2.45, 2.75) is 20.4 Å². The van der Waals surface area contributed by atoms with E-state index in [-0.39, 0.29) is 0 Å². The van der Waals surface area contributed by atoms with Crippen molar-refractivity contribution in [3.63, 3.8) is 0 Å². The summed E-state index contributed by atoms with van der Waals surface area (Å²) in [6.07, 6.45) is 0. The van der Waals surface area contributed by atoms with E-state index >= 15 is 0 Å². The molecule has 2 aromatic rings. The molecule has 1 aromatic heterocycles. The highest BCUT2D eigenvalue weighted by atomic mass is 35.5. The molecule has 0 saturated carbocycles. The Morgan fingerprint density at radius 2 is 2.00 bits per heavy atom. The van der Waals surface area contributed by atoms with E-state index in [9.17, 15) is 0 Å². The Bertz CT molecular complexity index is 584. The molecule has 19 heavy (non-hydrogen) atoms. The lowest BCUT2D eigenvalue weighted by atomic mass is 10.2. The van der Waals surface area contributed by atoms with Crippen LogP contribution in [0.2, 0.25) is 5.02 Å². The molecule has 1 heterocycles. The second-order valence-corrected chi connectivity index (χ2v) is 4.86. The topological polar surface area (TPSA) is 34.1 Å². The minimum atomic E-state index is 0.636. The second kappa shape index (κ2) is 5.93. The average Bonchev–Trinajstić information content (AvgIpc) is 2.39. The summed E-state index contributed by atoms with van der Waals surface area (Å²) >= 11 is 6.09. The van der Waals surface area contributed by atoms with Crippen LogP contribution in [0.4, 0.5) is 5.69 Å². The van der Waals surface area contributed by atoms with Gasteiger partial charge in [0.25, 0.3) is 0 Å². The first kappa shape index (κ1) is 13.7. The first-order valence-electron chi connectivity index (χ1n) is 6.10. The third-order valence-electron chi connectivity index (χ3n) is 2.86. The molecule has 2 rings (SSSR count). The molecule has 0 saturated heterocycles. The molecule has 0 aliphatic heterocycles. The van der Waals surface area contributed by atoms with Crippen molar-refractivity contribution in [2.24, 2.45) is 0 Å². The van der Waals surface area contributed by atoms with Gasteiger partial charge in [0.1, 0.15) is 5.75 Å². The third-order valence-corrected chi connectivity index (χ3v) is 3.27. The zero-order chi connectivity index (χ0) is 13.8. The first-order valence-corrected chi connectivity index (χ1v) is 6.48. The molecule has 0 atom stereocenters. The predicted molar refractivity (Wildman–Crippen MR) is 79.0 cm³/mol. The summed E-state index contributed by atoms with van der Waals surface area (Å²) in [7, 11) is 1.66. The molecule has 0 spiro atoms. The van der Waals surface area contributed by atoms with Crippen molar-refractivity contribution in [1.82, 2.24) is 4.98 Å². The number of benzene rings is 1. The van der Waals surface area contributed by atoms with Crippen LogP contribution in [0.1, 0.15) is 17.0 Å². The maximum atomic E-state index is 6.09. The van der Waals surface area contributed by atoms with Gasteiger partial charge in [-0.05, 0) is 31.5 Å². The molecule has 3 nitrogen and oxygen atoms in total. The maximum absolute atomic E-state index is 6.09. The van der Waals surface area contributed by atoms with Crippen molar-refractivity contribution in [3.8, 4) is 5.75 Å². The van der Waals surface area contributed by atoms with E-state index in [4.69, 9.17) is 16.3 Å². The van der Waals surface area contributed by atoms with Gasteiger partial charge in [-0.2, -0.15) is 0 Å². The van der Waals surface area contributed by atoms with Crippen molar-refractivity contribution in [3.05, 3.63) is 52.3 Å². The normalized spacial score (nSPS) is 10.3. The number of hydrogen-bond acceptors (Lipinski definition) is 3. The van der Waals surface area contributed by atoms with Gasteiger partial charge in [0, 0.05) is 28.5 Å². The highest BCUT2D eigenvalue weighted by Crippen LogP contribution is 2.21. The number of rotatable bonds is 4. The number of methoxy groups -OCH3 is 1. The number of aromatic nitrogens is 1. The molecule has 4 heteroatoms. The number of nitrogens with one attached hydrogen (secondary N) is 1. The van der Waals surface area contributed by atoms with Gasteiger partial charge >= 0.3 is 0 Å². The number of anilines is 1. The number of halogens is 1. The molecular weight excluding hydrogens is 260 g/mol. The van der Waals surface area contributed by atoms with Crippen LogP contribution >= 0.6 is 11.6 Å². The highest BCUT2D eigenvalue weighted by molar-refractivity contribution is 6.31. The molecular formula is C15H17ClN2O. The van der Waals surface area contributed by atoms with E-state index in [1.165, 1.54) is 0 Å². The quantitative estimate of drug-likeness (QED) is 0.917. The van der Waals surface area contributed by atoms with Gasteiger partial charge < -0.3 is 10.1 Å². The van der Waals surface area contributed by atoms with E-state index in [1.807, 2.05) is 44.2 Å². The third kappa shape index (κ3) is 3.61. The summed E-state index contributed by atoms with van der Waals surface area (Å²) in [4.78, 5) is 4.46. The molecule has 1 N–H and O–H groups in total. The van der Waals surface area contributed by atoms with Crippen LogP contribution in [-0.4, -0.2) is 12.1 Å². The lowest BCUT2D eigenvalue weighted by Gasteiger charge is -2.09. The fraction of sp³-hybridized carbons (Fsp3) is 0.267. The molecule has 0 unspecified atom stereocenters. The fourth-order valence-corrected chi connectivity index (χ4v) is 1.99. The van der Waals surface area contributed by atoms with Crippen LogP contribution in [0.5, 0.6) is 5.75 Å². The summed E-state index contributed by atoms with van der Waals surface area (Å²) in [6, 6.07) is 9.76. The molecule has 0 bridgehead atoms. The van der Waals surface area contributed by atoms with Crippen LogP contribution < -0.4 is 10.1 Å². The smallest absolute Gasteiger partial charge is 0.122 e. The van der Waals surface area contributed by atoms with E-state index in [0.29, 0.717) is 6.54 Å². The monoisotopic (exact) mass is 276 g/mol. The van der Waals surface area contributed by atoms with Crippen molar-refractivity contribution in [1.29, 1.82) is 0 Å². The van der Waals surface area contributed by atoms with Crippen molar-refractivity contribution < 1.29 is 4.74 Å². The Hall–Kier alpha value is -1.74. The molecule has 0 radical (unpaired) electrons. The number of pyridine rings is 1. The lowest BCUT2D eigenvalue weighted by Crippen LogP contribution is -2.03. The van der Waals surface area contributed by atoms with Crippen LogP contribution in [0, 0.1) is 13.8 Å². The zero-order valence-corrected chi connectivity index (χ0v) is 12.1. The number of ether oxygens (including phenoxy) is 1. The SMILES string of the molecule is COc1cc(C)nc(CNc2ccc(C)c(Cl)c2)c1. The Labute approximate surface area is 118 Å². The largest absolute Gasteiger partial charge is 0.497 e. The van der Waals surface area contributed by atoms with Gasteiger partial charge in [0.15, 0.2) is 0 Å². The molecule has 1 aromatic carbocycles. The molecule has 0 amide bonds.